The zero-order chi connectivity index (χ0) is 18.9. The van der Waals surface area contributed by atoms with Crippen LogP contribution in [0.3, 0.4) is 0 Å². The number of hydrogen-bond acceptors (Lipinski definition) is 3. The molecule has 0 spiro atoms. The van der Waals surface area contributed by atoms with Gasteiger partial charge in [-0.2, -0.15) is 0 Å². The quantitative estimate of drug-likeness (QED) is 0.502. The van der Waals surface area contributed by atoms with E-state index in [9.17, 15) is 0 Å². The van der Waals surface area contributed by atoms with Gasteiger partial charge >= 0.3 is 0 Å². The van der Waals surface area contributed by atoms with Crippen LogP contribution in [-0.4, -0.2) is 43.7 Å². The third-order valence-electron chi connectivity index (χ3n) is 4.70. The second-order valence-corrected chi connectivity index (χ2v) is 7.70. The SMILES string of the molecule is CCOCC1CCN(C(=NCc2ccc(Br)cc2)NCCc2ccco2)C1. The summed E-state index contributed by atoms with van der Waals surface area (Å²) >= 11 is 3.48. The maximum atomic E-state index is 5.61. The van der Waals surface area contributed by atoms with E-state index in [1.165, 1.54) is 5.56 Å². The molecule has 0 bridgehead atoms. The Kier molecular flexibility index (Phi) is 7.78. The fraction of sp³-hybridized carbons (Fsp3) is 0.476. The molecule has 1 N–H and O–H groups in total. The van der Waals surface area contributed by atoms with Gasteiger partial charge in [-0.1, -0.05) is 28.1 Å². The van der Waals surface area contributed by atoms with Gasteiger partial charge in [0.05, 0.1) is 19.4 Å². The number of nitrogens with one attached hydrogen (secondary N) is 1. The van der Waals surface area contributed by atoms with Crippen LogP contribution in [0.15, 0.2) is 56.5 Å². The van der Waals surface area contributed by atoms with Crippen molar-refractivity contribution in [3.63, 3.8) is 0 Å². The Bertz CT molecular complexity index is 701. The van der Waals surface area contributed by atoms with Crippen LogP contribution in [0, 0.1) is 5.92 Å². The molecule has 2 aromatic rings. The fourth-order valence-corrected chi connectivity index (χ4v) is 3.49. The van der Waals surface area contributed by atoms with Crippen molar-refractivity contribution in [2.45, 2.75) is 26.3 Å². The molecular weight excluding hydrogens is 406 g/mol. The van der Waals surface area contributed by atoms with Crippen LogP contribution in [-0.2, 0) is 17.7 Å². The van der Waals surface area contributed by atoms with Crippen LogP contribution in [0.4, 0.5) is 0 Å². The van der Waals surface area contributed by atoms with Crippen molar-refractivity contribution in [2.24, 2.45) is 10.9 Å². The van der Waals surface area contributed by atoms with Crippen LogP contribution in [0.1, 0.15) is 24.7 Å². The Morgan fingerprint density at radius 2 is 2.19 bits per heavy atom. The van der Waals surface area contributed by atoms with Crippen molar-refractivity contribution in [1.82, 2.24) is 10.2 Å². The van der Waals surface area contributed by atoms with Crippen molar-refractivity contribution in [1.29, 1.82) is 0 Å². The molecule has 6 heteroatoms. The summed E-state index contributed by atoms with van der Waals surface area (Å²) in [6, 6.07) is 12.3. The van der Waals surface area contributed by atoms with Crippen LogP contribution < -0.4 is 5.32 Å². The number of ether oxygens (including phenoxy) is 1. The van der Waals surface area contributed by atoms with Crippen molar-refractivity contribution < 1.29 is 9.15 Å². The van der Waals surface area contributed by atoms with Crippen molar-refractivity contribution in [2.75, 3.05) is 32.8 Å². The Balaban J connectivity index is 1.60. The van der Waals surface area contributed by atoms with Crippen LogP contribution >= 0.6 is 15.9 Å². The first kappa shape index (κ1) is 20.0. The standard InChI is InChI=1S/C21H28BrN3O2/c1-2-26-16-18-10-12-25(15-18)21(23-11-9-20-4-3-13-27-20)24-14-17-5-7-19(22)8-6-17/h3-8,13,18H,2,9-12,14-16H2,1H3,(H,23,24). The zero-order valence-corrected chi connectivity index (χ0v) is 17.5. The van der Waals surface area contributed by atoms with Crippen LogP contribution in [0.5, 0.6) is 0 Å². The van der Waals surface area contributed by atoms with Gasteiger partial charge in [0.25, 0.3) is 0 Å². The first-order valence-corrected chi connectivity index (χ1v) is 10.4. The monoisotopic (exact) mass is 433 g/mol. The summed E-state index contributed by atoms with van der Waals surface area (Å²) in [6.07, 6.45) is 3.72. The lowest BCUT2D eigenvalue weighted by Gasteiger charge is -2.22. The summed E-state index contributed by atoms with van der Waals surface area (Å²) < 4.78 is 12.1. The van der Waals surface area contributed by atoms with E-state index in [0.717, 1.165) is 61.9 Å². The van der Waals surface area contributed by atoms with E-state index in [1.807, 2.05) is 19.1 Å². The molecule has 1 aliphatic rings. The molecule has 1 aliphatic heterocycles. The summed E-state index contributed by atoms with van der Waals surface area (Å²) in [5.41, 5.74) is 1.20. The molecule has 1 aromatic carbocycles. The van der Waals surface area contributed by atoms with E-state index in [-0.39, 0.29) is 0 Å². The first-order chi connectivity index (χ1) is 13.2. The molecule has 1 saturated heterocycles. The van der Waals surface area contributed by atoms with Crippen LogP contribution in [0.2, 0.25) is 0 Å². The van der Waals surface area contributed by atoms with Gasteiger partial charge in [-0.25, -0.2) is 4.99 Å². The minimum Gasteiger partial charge on any atom is -0.469 e. The summed E-state index contributed by atoms with van der Waals surface area (Å²) in [6.45, 7) is 7.15. The fourth-order valence-electron chi connectivity index (χ4n) is 3.22. The van der Waals surface area contributed by atoms with Crippen molar-refractivity contribution in [3.8, 4) is 0 Å². The van der Waals surface area contributed by atoms with Crippen LogP contribution in [0.25, 0.3) is 0 Å². The Labute approximate surface area is 169 Å². The highest BCUT2D eigenvalue weighted by Gasteiger charge is 2.25. The topological polar surface area (TPSA) is 50.0 Å². The molecule has 1 fully saturated rings. The molecule has 0 aliphatic carbocycles. The Hall–Kier alpha value is -1.79. The Morgan fingerprint density at radius 1 is 1.33 bits per heavy atom. The molecule has 2 heterocycles. The third-order valence-corrected chi connectivity index (χ3v) is 5.23. The van der Waals surface area contributed by atoms with E-state index in [1.54, 1.807) is 6.26 Å². The lowest BCUT2D eigenvalue weighted by atomic mass is 10.1. The summed E-state index contributed by atoms with van der Waals surface area (Å²) in [7, 11) is 0. The summed E-state index contributed by atoms with van der Waals surface area (Å²) in [4.78, 5) is 7.24. The average Bonchev–Trinajstić information content (AvgIpc) is 3.36. The zero-order valence-electron chi connectivity index (χ0n) is 15.9. The van der Waals surface area contributed by atoms with E-state index in [4.69, 9.17) is 14.1 Å². The number of likely N-dealkylation sites (tertiary alicyclic amines) is 1. The lowest BCUT2D eigenvalue weighted by Crippen LogP contribution is -2.41. The second kappa shape index (κ2) is 10.5. The molecule has 1 unspecified atom stereocenters. The highest BCUT2D eigenvalue weighted by Crippen LogP contribution is 2.17. The lowest BCUT2D eigenvalue weighted by molar-refractivity contribution is 0.114. The smallest absolute Gasteiger partial charge is 0.194 e. The van der Waals surface area contributed by atoms with E-state index < -0.39 is 0 Å². The van der Waals surface area contributed by atoms with Gasteiger partial charge in [0.2, 0.25) is 0 Å². The molecule has 27 heavy (non-hydrogen) atoms. The highest BCUT2D eigenvalue weighted by molar-refractivity contribution is 9.10. The minimum absolute atomic E-state index is 0.578. The molecular formula is C21H28BrN3O2. The maximum Gasteiger partial charge on any atom is 0.194 e. The summed E-state index contributed by atoms with van der Waals surface area (Å²) in [5, 5.41) is 3.52. The minimum atomic E-state index is 0.578. The second-order valence-electron chi connectivity index (χ2n) is 6.78. The van der Waals surface area contributed by atoms with E-state index in [2.05, 4.69) is 50.4 Å². The van der Waals surface area contributed by atoms with Gasteiger partial charge in [0.15, 0.2) is 5.96 Å². The molecule has 0 amide bonds. The predicted octanol–water partition coefficient (Wildman–Crippen LogP) is 4.09. The number of furan rings is 1. The predicted molar refractivity (Wildman–Crippen MR) is 112 cm³/mol. The number of guanidine groups is 1. The van der Waals surface area contributed by atoms with Crippen molar-refractivity contribution in [3.05, 3.63) is 58.5 Å². The molecule has 0 saturated carbocycles. The molecule has 1 atom stereocenters. The molecule has 5 nitrogen and oxygen atoms in total. The van der Waals surface area contributed by atoms with Gasteiger partial charge in [0, 0.05) is 43.1 Å². The van der Waals surface area contributed by atoms with Gasteiger partial charge in [-0.05, 0) is 43.2 Å². The molecule has 146 valence electrons. The van der Waals surface area contributed by atoms with Crippen molar-refractivity contribution >= 4 is 21.9 Å². The Morgan fingerprint density at radius 3 is 2.93 bits per heavy atom. The van der Waals surface area contributed by atoms with Gasteiger partial charge in [-0.3, -0.25) is 0 Å². The van der Waals surface area contributed by atoms with Gasteiger partial charge in [0.1, 0.15) is 5.76 Å². The normalized spacial score (nSPS) is 17.5. The van der Waals surface area contributed by atoms with E-state index in [0.29, 0.717) is 12.5 Å². The molecule has 0 radical (unpaired) electrons. The van der Waals surface area contributed by atoms with Gasteiger partial charge < -0.3 is 19.4 Å². The third kappa shape index (κ3) is 6.40. The summed E-state index contributed by atoms with van der Waals surface area (Å²) in [5.74, 6) is 2.54. The molecule has 3 rings (SSSR count). The number of aliphatic imine (C=N–C) groups is 1. The number of nitrogens with zero attached hydrogens (tertiary/aromatic N) is 2. The van der Waals surface area contributed by atoms with E-state index >= 15 is 0 Å². The number of rotatable bonds is 8. The maximum absolute atomic E-state index is 5.61. The molecule has 1 aromatic heterocycles. The van der Waals surface area contributed by atoms with Gasteiger partial charge in [-0.15, -0.1) is 0 Å². The number of halogens is 1. The largest absolute Gasteiger partial charge is 0.469 e. The first-order valence-electron chi connectivity index (χ1n) is 9.62. The average molecular weight is 434 g/mol. The number of hydrogen-bond donors (Lipinski definition) is 1. The number of benzene rings is 1. The highest BCUT2D eigenvalue weighted by atomic mass is 79.9.